The zero-order chi connectivity index (χ0) is 15.5. The van der Waals surface area contributed by atoms with E-state index in [0.717, 1.165) is 35.8 Å². The molecule has 0 aliphatic carbocycles. The van der Waals surface area contributed by atoms with Crippen molar-refractivity contribution in [1.29, 1.82) is 0 Å². The molecule has 5 heteroatoms. The lowest BCUT2D eigenvalue weighted by atomic mass is 10.1. The van der Waals surface area contributed by atoms with Crippen molar-refractivity contribution in [3.63, 3.8) is 0 Å². The molecule has 1 fully saturated rings. The fraction of sp³-hybridized carbons (Fsp3) is 0.412. The van der Waals surface area contributed by atoms with E-state index in [-0.39, 0.29) is 11.9 Å². The molecular formula is C17H21N3OS. The van der Waals surface area contributed by atoms with Crippen molar-refractivity contribution in [2.45, 2.75) is 39.2 Å². The summed E-state index contributed by atoms with van der Waals surface area (Å²) >= 11 is 1.60. The number of hydrazine groups is 1. The Bertz CT molecular complexity index is 640. The molecule has 1 amide bonds. The minimum atomic E-state index is 0.126. The number of carbonyl (C=O) groups is 1. The van der Waals surface area contributed by atoms with Gasteiger partial charge in [0.05, 0.1) is 28.9 Å². The first-order valence-corrected chi connectivity index (χ1v) is 8.58. The topological polar surface area (TPSA) is 36.4 Å². The number of hydrogen-bond acceptors (Lipinski definition) is 4. The zero-order valence-corrected chi connectivity index (χ0v) is 13.8. The van der Waals surface area contributed by atoms with Crippen molar-refractivity contribution in [1.82, 2.24) is 9.99 Å². The first kappa shape index (κ1) is 15.0. The SMILES string of the molecule is Cc1nc(CC(=O)N2C(C)CCCN2c2ccccc2)cs1. The number of aromatic nitrogens is 1. The van der Waals surface area contributed by atoms with Crippen LogP contribution in [0.4, 0.5) is 5.69 Å². The third kappa shape index (κ3) is 3.14. The lowest BCUT2D eigenvalue weighted by Crippen LogP contribution is -2.55. The quantitative estimate of drug-likeness (QED) is 0.871. The number of hydrogen-bond donors (Lipinski definition) is 0. The van der Waals surface area contributed by atoms with E-state index in [1.165, 1.54) is 0 Å². The molecule has 0 bridgehead atoms. The van der Waals surface area contributed by atoms with Crippen LogP contribution in [0.1, 0.15) is 30.5 Å². The Kier molecular flexibility index (Phi) is 4.43. The Morgan fingerprint density at radius 2 is 2.14 bits per heavy atom. The number of carbonyl (C=O) groups excluding carboxylic acids is 1. The molecule has 116 valence electrons. The zero-order valence-electron chi connectivity index (χ0n) is 13.0. The van der Waals surface area contributed by atoms with Crippen LogP contribution >= 0.6 is 11.3 Å². The van der Waals surface area contributed by atoms with Gasteiger partial charge in [-0.2, -0.15) is 0 Å². The van der Waals surface area contributed by atoms with E-state index < -0.39 is 0 Å². The lowest BCUT2D eigenvalue weighted by Gasteiger charge is -2.44. The summed E-state index contributed by atoms with van der Waals surface area (Å²) in [7, 11) is 0. The third-order valence-electron chi connectivity index (χ3n) is 3.98. The van der Waals surface area contributed by atoms with Crippen LogP contribution < -0.4 is 5.01 Å². The maximum Gasteiger partial charge on any atom is 0.247 e. The van der Waals surface area contributed by atoms with E-state index in [2.05, 4.69) is 29.0 Å². The van der Waals surface area contributed by atoms with Gasteiger partial charge < -0.3 is 0 Å². The van der Waals surface area contributed by atoms with Crippen molar-refractivity contribution in [3.8, 4) is 0 Å². The van der Waals surface area contributed by atoms with E-state index in [1.54, 1.807) is 11.3 Å². The average molecular weight is 315 g/mol. The second kappa shape index (κ2) is 6.48. The van der Waals surface area contributed by atoms with E-state index in [1.807, 2.05) is 35.5 Å². The number of nitrogens with zero attached hydrogens (tertiary/aromatic N) is 3. The molecule has 1 aliphatic heterocycles. The lowest BCUT2D eigenvalue weighted by molar-refractivity contribution is -0.134. The van der Waals surface area contributed by atoms with Gasteiger partial charge in [-0.3, -0.25) is 14.8 Å². The summed E-state index contributed by atoms with van der Waals surface area (Å²) in [5.41, 5.74) is 1.95. The summed E-state index contributed by atoms with van der Waals surface area (Å²) < 4.78 is 0. The molecule has 4 nitrogen and oxygen atoms in total. The van der Waals surface area contributed by atoms with Gasteiger partial charge in [0.25, 0.3) is 0 Å². The van der Waals surface area contributed by atoms with Crippen LogP contribution in [0.3, 0.4) is 0 Å². The number of benzene rings is 1. The fourth-order valence-corrected chi connectivity index (χ4v) is 3.58. The maximum absolute atomic E-state index is 12.8. The molecule has 0 N–H and O–H groups in total. The van der Waals surface area contributed by atoms with Crippen molar-refractivity contribution < 1.29 is 4.79 Å². The van der Waals surface area contributed by atoms with Gasteiger partial charge >= 0.3 is 0 Å². The molecule has 1 aliphatic rings. The van der Waals surface area contributed by atoms with Crippen molar-refractivity contribution >= 4 is 22.9 Å². The fourth-order valence-electron chi connectivity index (χ4n) is 2.96. The minimum absolute atomic E-state index is 0.126. The second-order valence-corrected chi connectivity index (χ2v) is 6.79. The average Bonchev–Trinajstić information content (AvgIpc) is 2.92. The van der Waals surface area contributed by atoms with Crippen LogP contribution in [0.2, 0.25) is 0 Å². The number of rotatable bonds is 3. The number of anilines is 1. The van der Waals surface area contributed by atoms with Crippen LogP contribution in [0, 0.1) is 6.92 Å². The highest BCUT2D eigenvalue weighted by Crippen LogP contribution is 2.25. The predicted molar refractivity (Wildman–Crippen MR) is 89.9 cm³/mol. The monoisotopic (exact) mass is 315 g/mol. The van der Waals surface area contributed by atoms with Gasteiger partial charge in [-0.1, -0.05) is 18.2 Å². The van der Waals surface area contributed by atoms with Crippen LogP contribution in [-0.2, 0) is 11.2 Å². The van der Waals surface area contributed by atoms with Gasteiger partial charge in [-0.15, -0.1) is 11.3 Å². The molecule has 3 rings (SSSR count). The van der Waals surface area contributed by atoms with Crippen molar-refractivity contribution in [2.75, 3.05) is 11.6 Å². The second-order valence-electron chi connectivity index (χ2n) is 5.72. The van der Waals surface area contributed by atoms with E-state index in [4.69, 9.17) is 0 Å². The van der Waals surface area contributed by atoms with Crippen LogP contribution in [0.25, 0.3) is 0 Å². The summed E-state index contributed by atoms with van der Waals surface area (Å²) in [6.45, 7) is 4.98. The molecule has 1 atom stereocenters. The summed E-state index contributed by atoms with van der Waals surface area (Å²) in [5.74, 6) is 0.126. The number of thiazole rings is 1. The Morgan fingerprint density at radius 3 is 2.82 bits per heavy atom. The highest BCUT2D eigenvalue weighted by Gasteiger charge is 2.30. The number of para-hydroxylation sites is 1. The van der Waals surface area contributed by atoms with E-state index in [9.17, 15) is 4.79 Å². The summed E-state index contributed by atoms with van der Waals surface area (Å²) in [4.78, 5) is 17.2. The Hall–Kier alpha value is -1.88. The first-order chi connectivity index (χ1) is 10.6. The molecule has 0 spiro atoms. The van der Waals surface area contributed by atoms with Gasteiger partial charge in [0, 0.05) is 11.9 Å². The molecular weight excluding hydrogens is 294 g/mol. The summed E-state index contributed by atoms with van der Waals surface area (Å²) in [6.07, 6.45) is 2.53. The molecule has 1 aromatic heterocycles. The van der Waals surface area contributed by atoms with E-state index >= 15 is 0 Å². The van der Waals surface area contributed by atoms with Crippen LogP contribution in [0.5, 0.6) is 0 Å². The molecule has 1 saturated heterocycles. The highest BCUT2D eigenvalue weighted by molar-refractivity contribution is 7.09. The molecule has 1 aromatic carbocycles. The highest BCUT2D eigenvalue weighted by atomic mass is 32.1. The molecule has 1 unspecified atom stereocenters. The molecule has 2 aromatic rings. The van der Waals surface area contributed by atoms with Crippen molar-refractivity contribution in [3.05, 3.63) is 46.4 Å². The maximum atomic E-state index is 12.8. The molecule has 0 saturated carbocycles. The third-order valence-corrected chi connectivity index (χ3v) is 4.80. The minimum Gasteiger partial charge on any atom is -0.283 e. The molecule has 2 heterocycles. The largest absolute Gasteiger partial charge is 0.283 e. The normalized spacial score (nSPS) is 18.5. The number of aryl methyl sites for hydroxylation is 1. The van der Waals surface area contributed by atoms with Gasteiger partial charge in [0.15, 0.2) is 0 Å². The van der Waals surface area contributed by atoms with E-state index in [0.29, 0.717) is 6.42 Å². The first-order valence-electron chi connectivity index (χ1n) is 7.70. The van der Waals surface area contributed by atoms with Gasteiger partial charge in [0.1, 0.15) is 0 Å². The van der Waals surface area contributed by atoms with Gasteiger partial charge in [-0.05, 0) is 38.8 Å². The molecule has 0 radical (unpaired) electrons. The van der Waals surface area contributed by atoms with Crippen LogP contribution in [0.15, 0.2) is 35.7 Å². The predicted octanol–water partition coefficient (Wildman–Crippen LogP) is 3.43. The number of amides is 1. The van der Waals surface area contributed by atoms with Crippen LogP contribution in [-0.4, -0.2) is 28.5 Å². The Labute approximate surface area is 135 Å². The Morgan fingerprint density at radius 1 is 1.36 bits per heavy atom. The van der Waals surface area contributed by atoms with Gasteiger partial charge in [-0.25, -0.2) is 4.98 Å². The standard InChI is InChI=1S/C17H21N3OS/c1-13-7-6-10-19(16-8-4-3-5-9-16)20(13)17(21)11-15-12-22-14(2)18-15/h3-5,8-9,12-13H,6-7,10-11H2,1-2H3. The smallest absolute Gasteiger partial charge is 0.247 e. The van der Waals surface area contributed by atoms with Crippen molar-refractivity contribution in [2.24, 2.45) is 0 Å². The van der Waals surface area contributed by atoms with Gasteiger partial charge in [0.2, 0.25) is 5.91 Å². The summed E-state index contributed by atoms with van der Waals surface area (Å²) in [5, 5.41) is 7.03. The summed E-state index contributed by atoms with van der Waals surface area (Å²) in [6, 6.07) is 10.4. The Balaban J connectivity index is 1.82. The molecule has 22 heavy (non-hydrogen) atoms.